The highest BCUT2D eigenvalue weighted by Gasteiger charge is 2.39. The van der Waals surface area contributed by atoms with E-state index in [1.165, 1.54) is 21.5 Å². The van der Waals surface area contributed by atoms with Crippen molar-refractivity contribution in [1.82, 2.24) is 19.9 Å². The molecule has 0 fully saturated rings. The summed E-state index contributed by atoms with van der Waals surface area (Å²) in [6.45, 7) is 4.91. The Bertz CT molecular complexity index is 2850. The molecule has 270 valence electrons. The van der Waals surface area contributed by atoms with Gasteiger partial charge >= 0.3 is 0 Å². The molecule has 2 aromatic heterocycles. The first kappa shape index (κ1) is 34.4. The summed E-state index contributed by atoms with van der Waals surface area (Å²) < 4.78 is 0. The fourth-order valence-electron chi connectivity index (χ4n) is 8.27. The van der Waals surface area contributed by atoms with E-state index in [0.29, 0.717) is 5.82 Å². The molecule has 1 aliphatic rings. The number of fused-ring (bicyclic) bond motifs is 3. The molecule has 0 atom stereocenters. The van der Waals surface area contributed by atoms with Crippen LogP contribution in [0.25, 0.3) is 90.1 Å². The Kier molecular flexibility index (Phi) is 8.58. The normalized spacial score (nSPS) is 12.5. The van der Waals surface area contributed by atoms with Crippen LogP contribution in [0.2, 0.25) is 13.1 Å². The van der Waals surface area contributed by atoms with Crippen molar-refractivity contribution < 1.29 is 0 Å². The average Bonchev–Trinajstić information content (AvgIpc) is 3.53. The van der Waals surface area contributed by atoms with Gasteiger partial charge in [-0.1, -0.05) is 195 Å². The van der Waals surface area contributed by atoms with E-state index in [9.17, 15) is 0 Å². The highest BCUT2D eigenvalue weighted by molar-refractivity contribution is 7.04. The van der Waals surface area contributed by atoms with Gasteiger partial charge in [-0.05, 0) is 33.6 Å². The molecule has 0 aliphatic carbocycles. The summed E-state index contributed by atoms with van der Waals surface area (Å²) in [5.74, 6) is 0.650. The molecule has 1 aliphatic heterocycles. The van der Waals surface area contributed by atoms with Crippen LogP contribution in [0.4, 0.5) is 0 Å². The topological polar surface area (TPSA) is 51.6 Å². The van der Waals surface area contributed by atoms with Crippen molar-refractivity contribution in [3.8, 4) is 90.1 Å². The molecule has 5 heteroatoms. The maximum Gasteiger partial charge on any atom is 0.160 e. The van der Waals surface area contributed by atoms with Crippen LogP contribution in [0.1, 0.15) is 0 Å². The zero-order valence-electron chi connectivity index (χ0n) is 31.8. The first-order chi connectivity index (χ1) is 28.0. The fraction of sp³-hybridized carbons (Fsp3) is 0.0385. The standard InChI is InChI=1S/C52H38N4Si/c1-57(2)45-31-16-15-29-41(45)47-42(30-18-32-46(47)57)51-49(38-25-13-6-14-26-38)55-50(48(56-51)37-23-11-5-12-24-37)39-27-17-28-40(33-39)52-53-43(35-19-7-3-8-20-35)34-44(54-52)36-21-9-4-10-22-36/h3-34H,1-2H3. The van der Waals surface area contributed by atoms with Crippen LogP contribution in [0.5, 0.6) is 0 Å². The SMILES string of the molecule is C[Si]1(C)c2ccccc2-c2c(-c3nc(-c4ccccc4)c(-c4cccc(-c5nc(-c6ccccc6)cc(-c6ccccc6)n5)c4)nc3-c3ccccc3)cccc21. The minimum Gasteiger partial charge on any atom is -0.243 e. The molecule has 0 saturated carbocycles. The summed E-state index contributed by atoms with van der Waals surface area (Å²) >= 11 is 0. The van der Waals surface area contributed by atoms with Crippen molar-refractivity contribution in [3.05, 3.63) is 194 Å². The molecular weight excluding hydrogens is 709 g/mol. The van der Waals surface area contributed by atoms with E-state index >= 15 is 0 Å². The van der Waals surface area contributed by atoms with Crippen LogP contribution in [-0.4, -0.2) is 28.0 Å². The van der Waals surface area contributed by atoms with E-state index in [4.69, 9.17) is 19.9 Å². The Morgan fingerprint density at radius 2 is 0.737 bits per heavy atom. The zero-order valence-corrected chi connectivity index (χ0v) is 32.8. The third-order valence-electron chi connectivity index (χ3n) is 11.1. The summed E-state index contributed by atoms with van der Waals surface area (Å²) in [7, 11) is -1.93. The molecule has 0 saturated heterocycles. The van der Waals surface area contributed by atoms with Crippen LogP contribution in [-0.2, 0) is 0 Å². The lowest BCUT2D eigenvalue weighted by Crippen LogP contribution is -2.49. The number of hydrogen-bond donors (Lipinski definition) is 0. The zero-order chi connectivity index (χ0) is 38.3. The minimum atomic E-state index is -1.93. The van der Waals surface area contributed by atoms with Gasteiger partial charge in [-0.15, -0.1) is 0 Å². The van der Waals surface area contributed by atoms with Gasteiger partial charge in [0.25, 0.3) is 0 Å². The molecule has 9 aromatic rings. The predicted octanol–water partition coefficient (Wildman–Crippen LogP) is 11.7. The highest BCUT2D eigenvalue weighted by Crippen LogP contribution is 2.42. The third-order valence-corrected chi connectivity index (χ3v) is 14.7. The van der Waals surface area contributed by atoms with Crippen LogP contribution >= 0.6 is 0 Å². The smallest absolute Gasteiger partial charge is 0.160 e. The number of aromatic nitrogens is 4. The fourth-order valence-corrected chi connectivity index (χ4v) is 11.4. The second-order valence-corrected chi connectivity index (χ2v) is 19.4. The van der Waals surface area contributed by atoms with Gasteiger partial charge < -0.3 is 0 Å². The molecular formula is C52H38N4Si. The molecule has 10 rings (SSSR count). The van der Waals surface area contributed by atoms with E-state index in [1.807, 2.05) is 42.5 Å². The Morgan fingerprint density at radius 1 is 0.316 bits per heavy atom. The molecule has 57 heavy (non-hydrogen) atoms. The van der Waals surface area contributed by atoms with Crippen molar-refractivity contribution in [1.29, 1.82) is 0 Å². The Hall–Kier alpha value is -7.08. The third kappa shape index (κ3) is 6.19. The first-order valence-electron chi connectivity index (χ1n) is 19.4. The summed E-state index contributed by atoms with van der Waals surface area (Å²) in [6.07, 6.45) is 0. The summed E-state index contributed by atoms with van der Waals surface area (Å²) in [4.78, 5) is 21.7. The largest absolute Gasteiger partial charge is 0.243 e. The lowest BCUT2D eigenvalue weighted by molar-refractivity contribution is 1.18. The number of nitrogens with zero attached hydrogens (tertiary/aromatic N) is 4. The maximum atomic E-state index is 5.70. The Balaban J connectivity index is 1.21. The Labute approximate surface area is 334 Å². The molecule has 0 spiro atoms. The van der Waals surface area contributed by atoms with Gasteiger partial charge in [0.2, 0.25) is 0 Å². The molecule has 0 radical (unpaired) electrons. The second-order valence-electron chi connectivity index (χ2n) is 15.0. The lowest BCUT2D eigenvalue weighted by atomic mass is 9.93. The van der Waals surface area contributed by atoms with Gasteiger partial charge in [0.15, 0.2) is 5.82 Å². The number of rotatable bonds is 7. The lowest BCUT2D eigenvalue weighted by Gasteiger charge is -2.20. The van der Waals surface area contributed by atoms with E-state index in [-0.39, 0.29) is 0 Å². The highest BCUT2D eigenvalue weighted by atomic mass is 28.3. The molecule has 4 nitrogen and oxygen atoms in total. The quantitative estimate of drug-likeness (QED) is 0.152. The van der Waals surface area contributed by atoms with E-state index in [2.05, 4.69) is 165 Å². The monoisotopic (exact) mass is 746 g/mol. The molecule has 0 bridgehead atoms. The minimum absolute atomic E-state index is 0.650. The molecule has 0 unspecified atom stereocenters. The van der Waals surface area contributed by atoms with Gasteiger partial charge in [-0.3, -0.25) is 0 Å². The second kappa shape index (κ2) is 14.2. The molecule has 7 aromatic carbocycles. The summed E-state index contributed by atoms with van der Waals surface area (Å²) in [5.41, 5.74) is 14.7. The average molecular weight is 747 g/mol. The van der Waals surface area contributed by atoms with E-state index < -0.39 is 8.07 Å². The van der Waals surface area contributed by atoms with Crippen LogP contribution in [0, 0.1) is 0 Å². The first-order valence-corrected chi connectivity index (χ1v) is 22.4. The van der Waals surface area contributed by atoms with Crippen LogP contribution in [0.15, 0.2) is 194 Å². The van der Waals surface area contributed by atoms with Gasteiger partial charge in [0.05, 0.1) is 34.2 Å². The van der Waals surface area contributed by atoms with Gasteiger partial charge in [-0.25, -0.2) is 19.9 Å². The van der Waals surface area contributed by atoms with Crippen molar-refractivity contribution in [2.24, 2.45) is 0 Å². The van der Waals surface area contributed by atoms with Gasteiger partial charge in [0, 0.05) is 38.9 Å². The van der Waals surface area contributed by atoms with Crippen molar-refractivity contribution in [2.45, 2.75) is 13.1 Å². The van der Waals surface area contributed by atoms with Crippen molar-refractivity contribution in [3.63, 3.8) is 0 Å². The number of hydrogen-bond acceptors (Lipinski definition) is 4. The van der Waals surface area contributed by atoms with Crippen LogP contribution < -0.4 is 10.4 Å². The van der Waals surface area contributed by atoms with Gasteiger partial charge in [0.1, 0.15) is 8.07 Å². The molecule has 0 amide bonds. The summed E-state index contributed by atoms with van der Waals surface area (Å²) in [6, 6.07) is 67.8. The predicted molar refractivity (Wildman–Crippen MR) is 238 cm³/mol. The summed E-state index contributed by atoms with van der Waals surface area (Å²) in [5, 5.41) is 2.90. The number of benzene rings is 7. The van der Waals surface area contributed by atoms with Crippen molar-refractivity contribution >= 4 is 18.4 Å². The van der Waals surface area contributed by atoms with E-state index in [1.54, 1.807) is 0 Å². The van der Waals surface area contributed by atoms with Gasteiger partial charge in [-0.2, -0.15) is 0 Å². The molecule has 3 heterocycles. The Morgan fingerprint density at radius 3 is 1.35 bits per heavy atom. The van der Waals surface area contributed by atoms with Crippen LogP contribution in [0.3, 0.4) is 0 Å². The maximum absolute atomic E-state index is 5.70. The molecule has 0 N–H and O–H groups in total. The van der Waals surface area contributed by atoms with Crippen molar-refractivity contribution in [2.75, 3.05) is 0 Å². The van der Waals surface area contributed by atoms with E-state index in [0.717, 1.165) is 73.1 Å².